The fourth-order valence-electron chi connectivity index (χ4n) is 2.09. The maximum Gasteiger partial charge on any atom is 0.181 e. The third kappa shape index (κ3) is 1.51. The van der Waals surface area contributed by atoms with Gasteiger partial charge in [0.15, 0.2) is 5.82 Å². The second-order valence-electron chi connectivity index (χ2n) is 4.12. The molecule has 2 N–H and O–H groups in total. The first kappa shape index (κ1) is 9.54. The molecule has 1 aliphatic rings. The lowest BCUT2D eigenvalue weighted by atomic mass is 10.1. The van der Waals surface area contributed by atoms with E-state index in [1.54, 1.807) is 0 Å². The summed E-state index contributed by atoms with van der Waals surface area (Å²) in [5.41, 5.74) is 7.05. The second-order valence-corrected chi connectivity index (χ2v) is 4.12. The summed E-state index contributed by atoms with van der Waals surface area (Å²) in [6, 6.07) is 10.0. The van der Waals surface area contributed by atoms with Gasteiger partial charge in [-0.1, -0.05) is 30.3 Å². The highest BCUT2D eigenvalue weighted by molar-refractivity contribution is 5.54. The standard InChI is InChI=1S/C12H14N4/c13-10-7-4-8-11-14-12(15-16(10)11)9-5-2-1-3-6-9/h1-3,5-6,10H,4,7-8,13H2. The van der Waals surface area contributed by atoms with Crippen molar-refractivity contribution >= 4 is 0 Å². The maximum absolute atomic E-state index is 6.00. The Morgan fingerprint density at radius 1 is 1.25 bits per heavy atom. The summed E-state index contributed by atoms with van der Waals surface area (Å²) in [5, 5.41) is 4.48. The Labute approximate surface area is 94.1 Å². The minimum atomic E-state index is -0.00582. The lowest BCUT2D eigenvalue weighted by Crippen LogP contribution is -2.25. The molecule has 0 aliphatic carbocycles. The largest absolute Gasteiger partial charge is 0.310 e. The monoisotopic (exact) mass is 214 g/mol. The Morgan fingerprint density at radius 2 is 2.06 bits per heavy atom. The van der Waals surface area contributed by atoms with Gasteiger partial charge < -0.3 is 5.73 Å². The van der Waals surface area contributed by atoms with Gasteiger partial charge in [0, 0.05) is 12.0 Å². The second kappa shape index (κ2) is 3.72. The Hall–Kier alpha value is -1.68. The topological polar surface area (TPSA) is 56.7 Å². The molecular formula is C12H14N4. The molecule has 0 fully saturated rings. The molecule has 16 heavy (non-hydrogen) atoms. The van der Waals surface area contributed by atoms with E-state index in [0.717, 1.165) is 36.5 Å². The molecule has 2 aromatic rings. The molecule has 2 heterocycles. The maximum atomic E-state index is 6.00. The first-order valence-corrected chi connectivity index (χ1v) is 5.61. The summed E-state index contributed by atoms with van der Waals surface area (Å²) in [7, 11) is 0. The Bertz CT molecular complexity index is 489. The molecule has 0 spiro atoms. The molecule has 0 bridgehead atoms. The summed E-state index contributed by atoms with van der Waals surface area (Å²) in [6.07, 6.45) is 3.07. The van der Waals surface area contributed by atoms with Gasteiger partial charge in [-0.05, 0) is 12.8 Å². The molecule has 0 amide bonds. The summed E-state index contributed by atoms with van der Waals surface area (Å²) >= 11 is 0. The quantitative estimate of drug-likeness (QED) is 0.786. The first-order valence-electron chi connectivity index (χ1n) is 5.61. The number of rotatable bonds is 1. The molecule has 1 aliphatic heterocycles. The first-order chi connectivity index (χ1) is 7.84. The molecule has 4 heteroatoms. The van der Waals surface area contributed by atoms with Gasteiger partial charge in [0.25, 0.3) is 0 Å². The van der Waals surface area contributed by atoms with Crippen LogP contribution in [0.2, 0.25) is 0 Å². The molecule has 1 unspecified atom stereocenters. The van der Waals surface area contributed by atoms with E-state index in [9.17, 15) is 0 Å². The molecule has 1 aromatic carbocycles. The summed E-state index contributed by atoms with van der Waals surface area (Å²) in [4.78, 5) is 4.54. The van der Waals surface area contributed by atoms with E-state index >= 15 is 0 Å². The number of aryl methyl sites for hydroxylation is 1. The molecule has 0 saturated carbocycles. The van der Waals surface area contributed by atoms with E-state index in [4.69, 9.17) is 5.73 Å². The molecule has 1 atom stereocenters. The fraction of sp³-hybridized carbons (Fsp3) is 0.333. The van der Waals surface area contributed by atoms with Crippen LogP contribution >= 0.6 is 0 Å². The minimum Gasteiger partial charge on any atom is -0.310 e. The molecule has 4 nitrogen and oxygen atoms in total. The normalized spacial score (nSPS) is 19.4. The molecule has 0 saturated heterocycles. The van der Waals surface area contributed by atoms with E-state index in [0.29, 0.717) is 0 Å². The van der Waals surface area contributed by atoms with Crippen LogP contribution in [0.25, 0.3) is 11.4 Å². The number of hydrogen-bond acceptors (Lipinski definition) is 3. The summed E-state index contributed by atoms with van der Waals surface area (Å²) < 4.78 is 1.87. The Kier molecular flexibility index (Phi) is 2.22. The van der Waals surface area contributed by atoms with Gasteiger partial charge >= 0.3 is 0 Å². The molecule has 0 radical (unpaired) electrons. The highest BCUT2D eigenvalue weighted by Crippen LogP contribution is 2.22. The van der Waals surface area contributed by atoms with Crippen LogP contribution in [0.5, 0.6) is 0 Å². The Balaban J connectivity index is 2.05. The van der Waals surface area contributed by atoms with E-state index < -0.39 is 0 Å². The van der Waals surface area contributed by atoms with Crippen LogP contribution in [0.15, 0.2) is 30.3 Å². The van der Waals surface area contributed by atoms with Crippen molar-refractivity contribution in [3.8, 4) is 11.4 Å². The number of nitrogens with two attached hydrogens (primary N) is 1. The van der Waals surface area contributed by atoms with Crippen LogP contribution in [0.1, 0.15) is 24.8 Å². The van der Waals surface area contributed by atoms with Crippen molar-refractivity contribution < 1.29 is 0 Å². The highest BCUT2D eigenvalue weighted by atomic mass is 15.4. The zero-order chi connectivity index (χ0) is 11.0. The van der Waals surface area contributed by atoms with Crippen LogP contribution in [0, 0.1) is 0 Å². The SMILES string of the molecule is NC1CCCc2nc(-c3ccccc3)nn21. The van der Waals surface area contributed by atoms with Crippen molar-refractivity contribution in [1.82, 2.24) is 14.8 Å². The number of nitrogens with zero attached hydrogens (tertiary/aromatic N) is 3. The molecule has 3 rings (SSSR count). The molecule has 82 valence electrons. The van der Waals surface area contributed by atoms with Gasteiger partial charge in [-0.15, -0.1) is 5.10 Å². The van der Waals surface area contributed by atoms with Crippen molar-refractivity contribution in [1.29, 1.82) is 0 Å². The lowest BCUT2D eigenvalue weighted by Gasteiger charge is -2.18. The number of fused-ring (bicyclic) bond motifs is 1. The zero-order valence-corrected chi connectivity index (χ0v) is 9.00. The van der Waals surface area contributed by atoms with E-state index in [-0.39, 0.29) is 6.17 Å². The lowest BCUT2D eigenvalue weighted by molar-refractivity contribution is 0.373. The fourth-order valence-corrected chi connectivity index (χ4v) is 2.09. The van der Waals surface area contributed by atoms with Crippen molar-refractivity contribution in [2.45, 2.75) is 25.4 Å². The van der Waals surface area contributed by atoms with E-state index in [1.165, 1.54) is 0 Å². The van der Waals surface area contributed by atoms with Gasteiger partial charge in [0.1, 0.15) is 12.0 Å². The van der Waals surface area contributed by atoms with Gasteiger partial charge in [-0.3, -0.25) is 0 Å². The Morgan fingerprint density at radius 3 is 2.81 bits per heavy atom. The zero-order valence-electron chi connectivity index (χ0n) is 9.00. The molecular weight excluding hydrogens is 200 g/mol. The smallest absolute Gasteiger partial charge is 0.181 e. The van der Waals surface area contributed by atoms with Gasteiger partial charge in [-0.25, -0.2) is 9.67 Å². The van der Waals surface area contributed by atoms with Crippen LogP contribution in [-0.2, 0) is 6.42 Å². The van der Waals surface area contributed by atoms with Crippen molar-refractivity contribution in [3.05, 3.63) is 36.2 Å². The third-order valence-electron chi connectivity index (χ3n) is 2.95. The number of aromatic nitrogens is 3. The van der Waals surface area contributed by atoms with Gasteiger partial charge in [0.05, 0.1) is 0 Å². The van der Waals surface area contributed by atoms with Crippen LogP contribution in [-0.4, -0.2) is 14.8 Å². The average Bonchev–Trinajstić information content (AvgIpc) is 2.76. The van der Waals surface area contributed by atoms with Crippen LogP contribution in [0.4, 0.5) is 0 Å². The predicted molar refractivity (Wildman–Crippen MR) is 61.6 cm³/mol. The van der Waals surface area contributed by atoms with Gasteiger partial charge in [0.2, 0.25) is 0 Å². The van der Waals surface area contributed by atoms with Crippen LogP contribution < -0.4 is 5.73 Å². The van der Waals surface area contributed by atoms with Crippen molar-refractivity contribution in [2.75, 3.05) is 0 Å². The third-order valence-corrected chi connectivity index (χ3v) is 2.95. The van der Waals surface area contributed by atoms with Gasteiger partial charge in [-0.2, -0.15) is 0 Å². The number of hydrogen-bond donors (Lipinski definition) is 1. The predicted octanol–water partition coefficient (Wildman–Crippen LogP) is 1.74. The van der Waals surface area contributed by atoms with Crippen LogP contribution in [0.3, 0.4) is 0 Å². The van der Waals surface area contributed by atoms with E-state index in [1.807, 2.05) is 35.0 Å². The average molecular weight is 214 g/mol. The van der Waals surface area contributed by atoms with Crippen molar-refractivity contribution in [3.63, 3.8) is 0 Å². The summed E-state index contributed by atoms with van der Waals surface area (Å²) in [6.45, 7) is 0. The van der Waals surface area contributed by atoms with Crippen molar-refractivity contribution in [2.24, 2.45) is 5.73 Å². The minimum absolute atomic E-state index is 0.00582. The van der Waals surface area contributed by atoms with E-state index in [2.05, 4.69) is 10.1 Å². The summed E-state index contributed by atoms with van der Waals surface area (Å²) in [5.74, 6) is 1.80. The number of benzene rings is 1. The molecule has 1 aromatic heterocycles. The highest BCUT2D eigenvalue weighted by Gasteiger charge is 2.20.